The molecule has 1 aromatic carbocycles. The van der Waals surface area contributed by atoms with Crippen LogP contribution in [-0.2, 0) is 16.0 Å². The average molecular weight is 290 g/mol. The van der Waals surface area contributed by atoms with Crippen LogP contribution in [0.2, 0.25) is 0 Å². The molecular formula is C16H22N2O3. The number of amides is 1. The highest BCUT2D eigenvalue weighted by atomic mass is 16.4. The molecule has 1 aliphatic heterocycles. The first-order valence-corrected chi connectivity index (χ1v) is 7.29. The van der Waals surface area contributed by atoms with E-state index in [4.69, 9.17) is 5.73 Å². The number of benzene rings is 1. The van der Waals surface area contributed by atoms with Crippen molar-refractivity contribution in [1.29, 1.82) is 0 Å². The molecule has 0 radical (unpaired) electrons. The Morgan fingerprint density at radius 3 is 2.67 bits per heavy atom. The lowest BCUT2D eigenvalue weighted by atomic mass is 9.97. The molecule has 0 bridgehead atoms. The van der Waals surface area contributed by atoms with Crippen molar-refractivity contribution in [2.24, 2.45) is 5.73 Å². The van der Waals surface area contributed by atoms with E-state index >= 15 is 0 Å². The first-order chi connectivity index (χ1) is 9.95. The number of rotatable bonds is 5. The zero-order chi connectivity index (χ0) is 15.5. The highest BCUT2D eigenvalue weighted by Crippen LogP contribution is 2.30. The zero-order valence-electron chi connectivity index (χ0n) is 12.3. The molecule has 2 atom stereocenters. The molecule has 21 heavy (non-hydrogen) atoms. The molecule has 1 fully saturated rings. The molecule has 0 aliphatic carbocycles. The number of hydrogen-bond acceptors (Lipinski definition) is 3. The number of aliphatic carboxylic acids is 1. The molecule has 114 valence electrons. The predicted octanol–water partition coefficient (Wildman–Crippen LogP) is 1.41. The van der Waals surface area contributed by atoms with Crippen LogP contribution in [0.25, 0.3) is 0 Å². The van der Waals surface area contributed by atoms with Crippen LogP contribution in [0.15, 0.2) is 30.3 Å². The van der Waals surface area contributed by atoms with Crippen LogP contribution in [0.4, 0.5) is 0 Å². The van der Waals surface area contributed by atoms with E-state index in [1.165, 1.54) is 4.90 Å². The minimum Gasteiger partial charge on any atom is -0.480 e. The standard InChI is InChI=1S/C16H22N2O3/c1-16(15(20)21)10-5-11-18(16)14(19)13(17)9-8-12-6-3-2-4-7-12/h2-4,6-7,13H,5,8-11,17H2,1H3,(H,20,21). The minimum absolute atomic E-state index is 0.256. The van der Waals surface area contributed by atoms with Gasteiger partial charge in [0, 0.05) is 6.54 Å². The van der Waals surface area contributed by atoms with Gasteiger partial charge in [-0.2, -0.15) is 0 Å². The summed E-state index contributed by atoms with van der Waals surface area (Å²) >= 11 is 0. The molecule has 2 unspecified atom stereocenters. The Hall–Kier alpha value is -1.88. The first-order valence-electron chi connectivity index (χ1n) is 7.29. The second-order valence-corrected chi connectivity index (χ2v) is 5.80. The Kier molecular flexibility index (Phi) is 4.63. The van der Waals surface area contributed by atoms with Crippen molar-refractivity contribution in [3.05, 3.63) is 35.9 Å². The summed E-state index contributed by atoms with van der Waals surface area (Å²) in [4.78, 5) is 25.3. The third-order valence-electron chi connectivity index (χ3n) is 4.27. The molecule has 3 N–H and O–H groups in total. The summed E-state index contributed by atoms with van der Waals surface area (Å²) in [5.41, 5.74) is 6.00. The second-order valence-electron chi connectivity index (χ2n) is 5.80. The van der Waals surface area contributed by atoms with Gasteiger partial charge in [0.2, 0.25) is 5.91 Å². The van der Waals surface area contributed by atoms with E-state index in [9.17, 15) is 14.7 Å². The number of likely N-dealkylation sites (tertiary alicyclic amines) is 1. The van der Waals surface area contributed by atoms with Gasteiger partial charge in [0.15, 0.2) is 0 Å². The summed E-state index contributed by atoms with van der Waals surface area (Å²) in [7, 11) is 0. The number of carbonyl (C=O) groups excluding carboxylic acids is 1. The zero-order valence-corrected chi connectivity index (χ0v) is 12.3. The van der Waals surface area contributed by atoms with E-state index in [0.717, 1.165) is 5.56 Å². The van der Waals surface area contributed by atoms with E-state index < -0.39 is 17.6 Å². The summed E-state index contributed by atoms with van der Waals surface area (Å²) in [6, 6.07) is 9.18. The third kappa shape index (κ3) is 3.24. The Morgan fingerprint density at radius 1 is 1.38 bits per heavy atom. The van der Waals surface area contributed by atoms with Crippen molar-refractivity contribution < 1.29 is 14.7 Å². The summed E-state index contributed by atoms with van der Waals surface area (Å²) < 4.78 is 0. The number of carboxylic acid groups (broad SMARTS) is 1. The largest absolute Gasteiger partial charge is 0.480 e. The maximum absolute atomic E-state index is 12.4. The maximum atomic E-state index is 12.4. The molecule has 1 aliphatic rings. The SMILES string of the molecule is CC1(C(=O)O)CCCN1C(=O)C(N)CCc1ccccc1. The van der Waals surface area contributed by atoms with Gasteiger partial charge >= 0.3 is 5.97 Å². The lowest BCUT2D eigenvalue weighted by Crippen LogP contribution is -2.55. The third-order valence-corrected chi connectivity index (χ3v) is 4.27. The van der Waals surface area contributed by atoms with Crippen LogP contribution >= 0.6 is 0 Å². The molecule has 1 amide bonds. The quantitative estimate of drug-likeness (QED) is 0.859. The first kappa shape index (κ1) is 15.5. The van der Waals surface area contributed by atoms with Crippen LogP contribution in [0.1, 0.15) is 31.7 Å². The number of carboxylic acids is 1. The topological polar surface area (TPSA) is 83.6 Å². The molecule has 0 spiro atoms. The smallest absolute Gasteiger partial charge is 0.329 e. The van der Waals surface area contributed by atoms with Crippen molar-refractivity contribution in [1.82, 2.24) is 4.90 Å². The summed E-state index contributed by atoms with van der Waals surface area (Å²) in [6.07, 6.45) is 2.43. The van der Waals surface area contributed by atoms with E-state index in [0.29, 0.717) is 32.2 Å². The van der Waals surface area contributed by atoms with Gasteiger partial charge in [-0.05, 0) is 38.2 Å². The van der Waals surface area contributed by atoms with Gasteiger partial charge in [0.25, 0.3) is 0 Å². The fourth-order valence-electron chi connectivity index (χ4n) is 2.83. The maximum Gasteiger partial charge on any atom is 0.329 e. The van der Waals surface area contributed by atoms with Crippen LogP contribution in [0.5, 0.6) is 0 Å². The van der Waals surface area contributed by atoms with Crippen LogP contribution in [0, 0.1) is 0 Å². The molecular weight excluding hydrogens is 268 g/mol. The number of hydrogen-bond donors (Lipinski definition) is 2. The summed E-state index contributed by atoms with van der Waals surface area (Å²) in [6.45, 7) is 2.07. The Morgan fingerprint density at radius 2 is 2.05 bits per heavy atom. The fraction of sp³-hybridized carbons (Fsp3) is 0.500. The van der Waals surface area contributed by atoms with Crippen molar-refractivity contribution in [2.75, 3.05) is 6.54 Å². The highest BCUT2D eigenvalue weighted by molar-refractivity contribution is 5.89. The van der Waals surface area contributed by atoms with Crippen molar-refractivity contribution in [3.8, 4) is 0 Å². The second kappa shape index (κ2) is 6.26. The molecule has 0 aromatic heterocycles. The number of nitrogens with zero attached hydrogens (tertiary/aromatic N) is 1. The Balaban J connectivity index is 1.97. The van der Waals surface area contributed by atoms with Crippen LogP contribution < -0.4 is 5.73 Å². The Labute approximate surface area is 124 Å². The van der Waals surface area contributed by atoms with Crippen LogP contribution in [0.3, 0.4) is 0 Å². The van der Waals surface area contributed by atoms with E-state index in [2.05, 4.69) is 0 Å². The lowest BCUT2D eigenvalue weighted by Gasteiger charge is -2.33. The van der Waals surface area contributed by atoms with E-state index in [-0.39, 0.29) is 5.91 Å². The van der Waals surface area contributed by atoms with E-state index in [1.807, 2.05) is 30.3 Å². The summed E-state index contributed by atoms with van der Waals surface area (Å²) in [5.74, 6) is -1.21. The van der Waals surface area contributed by atoms with Gasteiger partial charge in [0.05, 0.1) is 6.04 Å². The van der Waals surface area contributed by atoms with Gasteiger partial charge in [-0.1, -0.05) is 30.3 Å². The molecule has 1 saturated heterocycles. The molecule has 2 rings (SSSR count). The van der Waals surface area contributed by atoms with Gasteiger partial charge < -0.3 is 15.7 Å². The van der Waals surface area contributed by atoms with Crippen molar-refractivity contribution >= 4 is 11.9 Å². The van der Waals surface area contributed by atoms with Gasteiger partial charge in [-0.3, -0.25) is 4.79 Å². The predicted molar refractivity (Wildman–Crippen MR) is 79.7 cm³/mol. The Bertz CT molecular complexity index is 518. The molecule has 1 heterocycles. The normalized spacial score (nSPS) is 23.0. The fourth-order valence-corrected chi connectivity index (χ4v) is 2.83. The number of nitrogens with two attached hydrogens (primary N) is 1. The molecule has 0 saturated carbocycles. The van der Waals surface area contributed by atoms with Crippen LogP contribution in [-0.4, -0.2) is 40.0 Å². The lowest BCUT2D eigenvalue weighted by molar-refractivity contribution is -0.155. The molecule has 5 nitrogen and oxygen atoms in total. The number of carbonyl (C=O) groups is 2. The molecule has 5 heteroatoms. The van der Waals surface area contributed by atoms with Gasteiger partial charge in [-0.25, -0.2) is 4.79 Å². The van der Waals surface area contributed by atoms with E-state index in [1.54, 1.807) is 6.92 Å². The van der Waals surface area contributed by atoms with Crippen molar-refractivity contribution in [3.63, 3.8) is 0 Å². The summed E-state index contributed by atoms with van der Waals surface area (Å²) in [5, 5.41) is 9.35. The average Bonchev–Trinajstić information content (AvgIpc) is 2.88. The minimum atomic E-state index is -1.11. The monoisotopic (exact) mass is 290 g/mol. The van der Waals surface area contributed by atoms with Crippen molar-refractivity contribution in [2.45, 2.75) is 44.2 Å². The molecule has 1 aromatic rings. The van der Waals surface area contributed by atoms with Gasteiger partial charge in [-0.15, -0.1) is 0 Å². The number of aryl methyl sites for hydroxylation is 1. The highest BCUT2D eigenvalue weighted by Gasteiger charge is 2.46. The van der Waals surface area contributed by atoms with Gasteiger partial charge in [0.1, 0.15) is 5.54 Å².